The molecule has 7 heteroatoms. The van der Waals surface area contributed by atoms with Crippen LogP contribution in [-0.4, -0.2) is 33.5 Å². The third kappa shape index (κ3) is 2.73. The van der Waals surface area contributed by atoms with Crippen molar-refractivity contribution >= 4 is 17.7 Å². The van der Waals surface area contributed by atoms with Crippen molar-refractivity contribution in [3.63, 3.8) is 0 Å². The molecule has 0 aliphatic carbocycles. The smallest absolute Gasteiger partial charge is 0.337 e. The van der Waals surface area contributed by atoms with Crippen LogP contribution in [0, 0.1) is 0 Å². The number of pyridine rings is 1. The number of methoxy groups -OCH3 is 1. The molecule has 3 aromatic rings. The number of rotatable bonds is 3. The summed E-state index contributed by atoms with van der Waals surface area (Å²) >= 11 is 0. The lowest BCUT2D eigenvalue weighted by Gasteiger charge is -2.23. The van der Waals surface area contributed by atoms with Gasteiger partial charge in [-0.15, -0.1) is 0 Å². The van der Waals surface area contributed by atoms with Crippen LogP contribution in [0.1, 0.15) is 34.0 Å². The summed E-state index contributed by atoms with van der Waals surface area (Å²) in [4.78, 5) is 32.5. The quantitative estimate of drug-likeness (QED) is 0.735. The largest absolute Gasteiger partial charge is 0.465 e. The van der Waals surface area contributed by atoms with Crippen molar-refractivity contribution in [2.75, 3.05) is 12.4 Å². The van der Waals surface area contributed by atoms with E-state index in [1.807, 2.05) is 28.8 Å². The fourth-order valence-corrected chi connectivity index (χ4v) is 3.14. The number of carbonyl (C=O) groups excluding carboxylic acids is 2. The summed E-state index contributed by atoms with van der Waals surface area (Å²) in [7, 11) is 1.35. The summed E-state index contributed by atoms with van der Waals surface area (Å²) in [5, 5.41) is 2.91. The van der Waals surface area contributed by atoms with Crippen molar-refractivity contribution in [1.82, 2.24) is 14.5 Å². The van der Waals surface area contributed by atoms with Crippen LogP contribution < -0.4 is 5.32 Å². The van der Waals surface area contributed by atoms with E-state index in [0.717, 1.165) is 16.9 Å². The molecular formula is C19H16N4O3. The van der Waals surface area contributed by atoms with Gasteiger partial charge >= 0.3 is 5.97 Å². The minimum Gasteiger partial charge on any atom is -0.465 e. The van der Waals surface area contributed by atoms with Crippen LogP contribution in [0.5, 0.6) is 0 Å². The number of anilines is 1. The Bertz CT molecular complexity index is 964. The molecule has 3 heterocycles. The zero-order chi connectivity index (χ0) is 18.1. The Labute approximate surface area is 149 Å². The lowest BCUT2D eigenvalue weighted by molar-refractivity contribution is -0.116. The van der Waals surface area contributed by atoms with Crippen molar-refractivity contribution in [1.29, 1.82) is 0 Å². The first kappa shape index (κ1) is 16.0. The van der Waals surface area contributed by atoms with Crippen LogP contribution in [0.4, 0.5) is 5.82 Å². The zero-order valence-electron chi connectivity index (χ0n) is 14.0. The van der Waals surface area contributed by atoms with Crippen LogP contribution in [0.25, 0.3) is 5.69 Å². The van der Waals surface area contributed by atoms with Gasteiger partial charge in [0.1, 0.15) is 12.1 Å². The molecular weight excluding hydrogens is 332 g/mol. The van der Waals surface area contributed by atoms with Crippen molar-refractivity contribution in [2.24, 2.45) is 0 Å². The third-order valence-electron chi connectivity index (χ3n) is 4.43. The maximum atomic E-state index is 12.3. The van der Waals surface area contributed by atoms with Gasteiger partial charge in [-0.25, -0.2) is 9.78 Å². The highest BCUT2D eigenvalue weighted by molar-refractivity contribution is 5.94. The van der Waals surface area contributed by atoms with E-state index in [-0.39, 0.29) is 17.8 Å². The van der Waals surface area contributed by atoms with E-state index in [1.165, 1.54) is 7.11 Å². The number of amides is 1. The molecule has 0 saturated carbocycles. The number of ether oxygens (including phenoxy) is 1. The lowest BCUT2D eigenvalue weighted by atomic mass is 9.89. The Morgan fingerprint density at radius 1 is 1.27 bits per heavy atom. The third-order valence-corrected chi connectivity index (χ3v) is 4.43. The summed E-state index contributed by atoms with van der Waals surface area (Å²) in [6.45, 7) is 0. The highest BCUT2D eigenvalue weighted by Gasteiger charge is 2.31. The minimum absolute atomic E-state index is 0.0785. The predicted octanol–water partition coefficient (Wildman–Crippen LogP) is 2.53. The number of carbonyl (C=O) groups is 2. The van der Waals surface area contributed by atoms with Crippen LogP contribution >= 0.6 is 0 Å². The lowest BCUT2D eigenvalue weighted by Crippen LogP contribution is -2.25. The van der Waals surface area contributed by atoms with E-state index >= 15 is 0 Å². The fraction of sp³-hybridized carbons (Fsp3) is 0.158. The molecule has 1 atom stereocenters. The molecule has 130 valence electrons. The molecule has 0 spiro atoms. The molecule has 7 nitrogen and oxygen atoms in total. The second kappa shape index (κ2) is 6.44. The number of imidazole rings is 1. The van der Waals surface area contributed by atoms with Crippen molar-refractivity contribution in [3.8, 4) is 5.69 Å². The van der Waals surface area contributed by atoms with Crippen molar-refractivity contribution < 1.29 is 14.3 Å². The topological polar surface area (TPSA) is 86.1 Å². The van der Waals surface area contributed by atoms with E-state index in [2.05, 4.69) is 15.3 Å². The van der Waals surface area contributed by atoms with E-state index in [9.17, 15) is 9.59 Å². The Hall–Kier alpha value is -3.48. The summed E-state index contributed by atoms with van der Waals surface area (Å²) in [6.07, 6.45) is 5.39. The van der Waals surface area contributed by atoms with Gasteiger partial charge in [0, 0.05) is 18.5 Å². The average molecular weight is 348 g/mol. The molecule has 1 unspecified atom stereocenters. The second-order valence-electron chi connectivity index (χ2n) is 5.98. The zero-order valence-corrected chi connectivity index (χ0v) is 14.0. The van der Waals surface area contributed by atoms with Gasteiger partial charge in [0.25, 0.3) is 0 Å². The van der Waals surface area contributed by atoms with Gasteiger partial charge < -0.3 is 10.1 Å². The Balaban J connectivity index is 1.73. The van der Waals surface area contributed by atoms with Crippen LogP contribution in [0.2, 0.25) is 0 Å². The van der Waals surface area contributed by atoms with Gasteiger partial charge in [0.15, 0.2) is 0 Å². The molecule has 1 aromatic carbocycles. The molecule has 1 aliphatic heterocycles. The van der Waals surface area contributed by atoms with Crippen LogP contribution in [-0.2, 0) is 9.53 Å². The highest BCUT2D eigenvalue weighted by atomic mass is 16.5. The first-order valence-corrected chi connectivity index (χ1v) is 8.13. The molecule has 0 radical (unpaired) electrons. The summed E-state index contributed by atoms with van der Waals surface area (Å²) in [5.74, 6) is 0.00401. The van der Waals surface area contributed by atoms with Gasteiger partial charge in [-0.1, -0.05) is 12.1 Å². The molecule has 1 N–H and O–H groups in total. The van der Waals surface area contributed by atoms with Crippen molar-refractivity contribution in [2.45, 2.75) is 12.3 Å². The number of aromatic nitrogens is 3. The maximum Gasteiger partial charge on any atom is 0.337 e. The van der Waals surface area contributed by atoms with Gasteiger partial charge in [-0.05, 0) is 29.8 Å². The first-order chi connectivity index (χ1) is 12.7. The number of fused-ring (bicyclic) bond motifs is 1. The molecule has 0 bridgehead atoms. The van der Waals surface area contributed by atoms with Gasteiger partial charge in [-0.3, -0.25) is 14.3 Å². The van der Waals surface area contributed by atoms with Crippen LogP contribution in [0.3, 0.4) is 0 Å². The summed E-state index contributed by atoms with van der Waals surface area (Å²) in [6, 6.07) is 10.8. The fourth-order valence-electron chi connectivity index (χ4n) is 3.14. The summed E-state index contributed by atoms with van der Waals surface area (Å²) < 4.78 is 6.54. The second-order valence-corrected chi connectivity index (χ2v) is 5.98. The van der Waals surface area contributed by atoms with Gasteiger partial charge in [0.2, 0.25) is 5.91 Å². The average Bonchev–Trinajstić information content (AvgIpc) is 3.11. The SMILES string of the molecule is COC(=O)c1ccc(C2CC(=O)Nc3c2ncn3-c2cccnc2)cc1. The number of hydrogen-bond acceptors (Lipinski definition) is 5. The molecule has 26 heavy (non-hydrogen) atoms. The Morgan fingerprint density at radius 3 is 2.77 bits per heavy atom. The van der Waals surface area contributed by atoms with E-state index < -0.39 is 0 Å². The maximum absolute atomic E-state index is 12.3. The molecule has 1 aliphatic rings. The predicted molar refractivity (Wildman–Crippen MR) is 94.2 cm³/mol. The Kier molecular flexibility index (Phi) is 3.96. The number of esters is 1. The normalized spacial score (nSPS) is 15.9. The number of nitrogens with zero attached hydrogens (tertiary/aromatic N) is 3. The Morgan fingerprint density at radius 2 is 2.08 bits per heavy atom. The molecule has 2 aromatic heterocycles. The van der Waals surface area contributed by atoms with E-state index in [0.29, 0.717) is 17.8 Å². The monoisotopic (exact) mass is 348 g/mol. The number of hydrogen-bond donors (Lipinski definition) is 1. The number of nitrogens with one attached hydrogen (secondary N) is 1. The van der Waals surface area contributed by atoms with Crippen LogP contribution in [0.15, 0.2) is 55.1 Å². The highest BCUT2D eigenvalue weighted by Crippen LogP contribution is 2.37. The summed E-state index contributed by atoms with van der Waals surface area (Å²) in [5.41, 5.74) is 3.00. The molecule has 0 saturated heterocycles. The standard InChI is InChI=1S/C19H16N4O3/c1-26-19(25)13-6-4-12(5-7-13)15-9-16(24)22-18-17(15)21-11-23(18)14-3-2-8-20-10-14/h2-8,10-11,15H,9H2,1H3,(H,22,24). The molecule has 0 fully saturated rings. The van der Waals surface area contributed by atoms with E-state index in [1.54, 1.807) is 30.9 Å². The van der Waals surface area contributed by atoms with Gasteiger partial charge in [-0.2, -0.15) is 0 Å². The van der Waals surface area contributed by atoms with Crippen molar-refractivity contribution in [3.05, 3.63) is 71.9 Å². The first-order valence-electron chi connectivity index (χ1n) is 8.13. The molecule has 4 rings (SSSR count). The van der Waals surface area contributed by atoms with Gasteiger partial charge in [0.05, 0.1) is 30.3 Å². The number of benzene rings is 1. The molecule has 1 amide bonds. The minimum atomic E-state index is -0.389. The van der Waals surface area contributed by atoms with E-state index in [4.69, 9.17) is 4.74 Å².